The Labute approximate surface area is 160 Å². The van der Waals surface area contributed by atoms with Gasteiger partial charge in [0.05, 0.1) is 12.9 Å². The van der Waals surface area contributed by atoms with E-state index in [0.29, 0.717) is 34.6 Å². The largest absolute Gasteiger partial charge is 0.490 e. The van der Waals surface area contributed by atoms with Crippen LogP contribution in [0.25, 0.3) is 11.0 Å². The smallest absolute Gasteiger partial charge is 0.349 e. The van der Waals surface area contributed by atoms with Crippen LogP contribution in [0.4, 0.5) is 0 Å². The van der Waals surface area contributed by atoms with E-state index in [-0.39, 0.29) is 24.2 Å². The molecule has 8 nitrogen and oxygen atoms in total. The number of aromatic nitrogens is 2. The van der Waals surface area contributed by atoms with Gasteiger partial charge in [-0.3, -0.25) is 14.2 Å². The number of rotatable bonds is 6. The lowest BCUT2D eigenvalue weighted by Gasteiger charge is -2.09. The lowest BCUT2D eigenvalue weighted by molar-refractivity contribution is 0.0948. The van der Waals surface area contributed by atoms with Crippen LogP contribution in [0.1, 0.15) is 28.5 Å². The second-order valence-corrected chi connectivity index (χ2v) is 6.26. The van der Waals surface area contributed by atoms with Gasteiger partial charge < -0.3 is 14.5 Å². The van der Waals surface area contributed by atoms with Gasteiger partial charge in [0.1, 0.15) is 5.56 Å². The lowest BCUT2D eigenvalue weighted by Crippen LogP contribution is -2.33. The molecule has 28 heavy (non-hydrogen) atoms. The Morgan fingerprint density at radius 3 is 2.82 bits per heavy atom. The van der Waals surface area contributed by atoms with Crippen molar-refractivity contribution in [1.82, 2.24) is 14.9 Å². The van der Waals surface area contributed by atoms with Gasteiger partial charge in [-0.1, -0.05) is 12.1 Å². The van der Waals surface area contributed by atoms with Crippen LogP contribution >= 0.6 is 0 Å². The van der Waals surface area contributed by atoms with E-state index < -0.39 is 11.5 Å². The molecule has 0 bridgehead atoms. The molecule has 0 spiro atoms. The molecule has 0 aliphatic rings. The average molecular weight is 383 g/mol. The molecule has 1 amide bonds. The number of aryl methyl sites for hydroxylation is 1. The maximum atomic E-state index is 12.4. The van der Waals surface area contributed by atoms with Gasteiger partial charge in [0.2, 0.25) is 0 Å². The molecule has 3 rings (SSSR count). The third-order valence-electron chi connectivity index (χ3n) is 4.42. The van der Waals surface area contributed by atoms with Crippen LogP contribution in [-0.2, 0) is 6.54 Å². The molecule has 0 aliphatic heterocycles. The van der Waals surface area contributed by atoms with Crippen LogP contribution in [0, 0.1) is 13.8 Å². The molecule has 1 aromatic carbocycles. The van der Waals surface area contributed by atoms with Crippen molar-refractivity contribution in [1.29, 1.82) is 0 Å². The van der Waals surface area contributed by atoms with Crippen molar-refractivity contribution in [3.05, 3.63) is 68.2 Å². The molecule has 3 aromatic rings. The number of ether oxygens (including phenoxy) is 1. The number of carbonyl (C=O) groups is 1. The quantitative estimate of drug-likeness (QED) is 0.651. The van der Waals surface area contributed by atoms with Gasteiger partial charge in [0, 0.05) is 29.7 Å². The number of hydrogen-bond donors (Lipinski definition) is 1. The Bertz CT molecular complexity index is 1150. The van der Waals surface area contributed by atoms with Crippen LogP contribution < -0.4 is 21.2 Å². The second kappa shape index (κ2) is 8.08. The van der Waals surface area contributed by atoms with E-state index in [1.165, 1.54) is 17.0 Å². The van der Waals surface area contributed by atoms with E-state index in [1.807, 2.05) is 6.92 Å². The van der Waals surface area contributed by atoms with Crippen molar-refractivity contribution >= 4 is 16.9 Å². The zero-order chi connectivity index (χ0) is 20.3. The third-order valence-corrected chi connectivity index (χ3v) is 4.42. The molecule has 0 atom stereocenters. The summed E-state index contributed by atoms with van der Waals surface area (Å²) in [6.45, 7) is 6.13. The van der Waals surface area contributed by atoms with Crippen molar-refractivity contribution in [2.75, 3.05) is 13.2 Å². The molecule has 0 unspecified atom stereocenters. The average Bonchev–Trinajstić information content (AvgIpc) is 2.68. The van der Waals surface area contributed by atoms with Crippen molar-refractivity contribution < 1.29 is 13.9 Å². The highest BCUT2D eigenvalue weighted by molar-refractivity contribution is 5.97. The van der Waals surface area contributed by atoms with Gasteiger partial charge in [0.25, 0.3) is 11.5 Å². The first-order valence-corrected chi connectivity index (χ1v) is 8.93. The summed E-state index contributed by atoms with van der Waals surface area (Å²) in [5, 5.41) is 3.22. The SMILES string of the molecule is CCOc1cccc2cc(C(=O)NCCn3cnc(C)c(C)c3=O)c(=O)oc12. The van der Waals surface area contributed by atoms with E-state index in [9.17, 15) is 14.4 Å². The summed E-state index contributed by atoms with van der Waals surface area (Å²) in [5.41, 5.74) is 0.530. The molecule has 0 saturated carbocycles. The van der Waals surface area contributed by atoms with Crippen molar-refractivity contribution in [3.63, 3.8) is 0 Å². The van der Waals surface area contributed by atoms with Gasteiger partial charge in [-0.2, -0.15) is 0 Å². The first-order chi connectivity index (χ1) is 13.4. The fourth-order valence-electron chi connectivity index (χ4n) is 2.77. The van der Waals surface area contributed by atoms with Crippen molar-refractivity contribution in [2.24, 2.45) is 0 Å². The molecule has 146 valence electrons. The van der Waals surface area contributed by atoms with Crippen LogP contribution in [0.5, 0.6) is 5.75 Å². The van der Waals surface area contributed by atoms with E-state index in [4.69, 9.17) is 9.15 Å². The van der Waals surface area contributed by atoms with E-state index >= 15 is 0 Å². The maximum Gasteiger partial charge on any atom is 0.349 e. The highest BCUT2D eigenvalue weighted by atomic mass is 16.5. The van der Waals surface area contributed by atoms with E-state index in [2.05, 4.69) is 10.3 Å². The molecule has 0 aliphatic carbocycles. The highest BCUT2D eigenvalue weighted by Crippen LogP contribution is 2.24. The van der Waals surface area contributed by atoms with Gasteiger partial charge in [0.15, 0.2) is 11.3 Å². The first-order valence-electron chi connectivity index (χ1n) is 8.93. The fraction of sp³-hybridized carbons (Fsp3) is 0.300. The Kier molecular flexibility index (Phi) is 5.58. The fourth-order valence-corrected chi connectivity index (χ4v) is 2.77. The van der Waals surface area contributed by atoms with E-state index in [1.54, 1.807) is 32.0 Å². The first kappa shape index (κ1) is 19.3. The third kappa shape index (κ3) is 3.80. The Morgan fingerprint density at radius 1 is 1.29 bits per heavy atom. The van der Waals surface area contributed by atoms with Gasteiger partial charge in [-0.25, -0.2) is 9.78 Å². The molecule has 2 aromatic heterocycles. The molecular weight excluding hydrogens is 362 g/mol. The summed E-state index contributed by atoms with van der Waals surface area (Å²) < 4.78 is 12.2. The minimum Gasteiger partial charge on any atom is -0.490 e. The number of nitrogens with zero attached hydrogens (tertiary/aromatic N) is 2. The predicted octanol–water partition coefficient (Wildman–Crippen LogP) is 1.80. The summed E-state index contributed by atoms with van der Waals surface area (Å²) in [7, 11) is 0. The summed E-state index contributed by atoms with van der Waals surface area (Å²) in [6.07, 6.45) is 1.44. The Balaban J connectivity index is 1.77. The Morgan fingerprint density at radius 2 is 2.07 bits per heavy atom. The van der Waals surface area contributed by atoms with Crippen LogP contribution in [0.15, 0.2) is 44.6 Å². The standard InChI is InChI=1S/C20H21N3O5/c1-4-27-16-7-5-6-14-10-15(20(26)28-17(14)16)18(24)21-8-9-23-11-22-13(3)12(2)19(23)25/h5-7,10-11H,4,8-9H2,1-3H3,(H,21,24). The summed E-state index contributed by atoms with van der Waals surface area (Å²) in [5.74, 6) is -0.118. The number of nitrogens with one attached hydrogen (secondary N) is 1. The zero-order valence-corrected chi connectivity index (χ0v) is 15.9. The summed E-state index contributed by atoms with van der Waals surface area (Å²) >= 11 is 0. The summed E-state index contributed by atoms with van der Waals surface area (Å²) in [6, 6.07) is 6.67. The molecule has 0 saturated heterocycles. The molecular formula is C20H21N3O5. The minimum absolute atomic E-state index is 0.105. The van der Waals surface area contributed by atoms with Gasteiger partial charge >= 0.3 is 5.63 Å². The molecule has 0 radical (unpaired) electrons. The zero-order valence-electron chi connectivity index (χ0n) is 15.9. The molecule has 0 fully saturated rings. The molecule has 8 heteroatoms. The predicted molar refractivity (Wildman–Crippen MR) is 104 cm³/mol. The lowest BCUT2D eigenvalue weighted by atomic mass is 10.1. The van der Waals surface area contributed by atoms with Gasteiger partial charge in [-0.05, 0) is 32.9 Å². The topological polar surface area (TPSA) is 103 Å². The summed E-state index contributed by atoms with van der Waals surface area (Å²) in [4.78, 5) is 41.0. The van der Waals surface area contributed by atoms with E-state index in [0.717, 1.165) is 0 Å². The molecule has 1 N–H and O–H groups in total. The number of para-hydroxylation sites is 1. The molecule has 2 heterocycles. The van der Waals surface area contributed by atoms with Crippen LogP contribution in [0.3, 0.4) is 0 Å². The number of benzene rings is 1. The number of hydrogen-bond acceptors (Lipinski definition) is 6. The minimum atomic E-state index is -0.748. The van der Waals surface area contributed by atoms with Crippen molar-refractivity contribution in [2.45, 2.75) is 27.3 Å². The monoisotopic (exact) mass is 383 g/mol. The van der Waals surface area contributed by atoms with Crippen LogP contribution in [-0.4, -0.2) is 28.6 Å². The van der Waals surface area contributed by atoms with Crippen molar-refractivity contribution in [3.8, 4) is 5.75 Å². The second-order valence-electron chi connectivity index (χ2n) is 6.26. The number of carbonyl (C=O) groups excluding carboxylic acids is 1. The maximum absolute atomic E-state index is 12.4. The normalized spacial score (nSPS) is 10.8. The Hall–Kier alpha value is -3.42. The number of amides is 1. The van der Waals surface area contributed by atoms with Gasteiger partial charge in [-0.15, -0.1) is 0 Å². The highest BCUT2D eigenvalue weighted by Gasteiger charge is 2.15. The number of fused-ring (bicyclic) bond motifs is 1. The van der Waals surface area contributed by atoms with Crippen LogP contribution in [0.2, 0.25) is 0 Å².